The molecule has 106 valence electrons. The molecule has 0 aliphatic heterocycles. The fourth-order valence-corrected chi connectivity index (χ4v) is 2.89. The lowest BCUT2D eigenvalue weighted by atomic mass is 9.82. The number of hydrogen-bond acceptors (Lipinski definition) is 3. The smallest absolute Gasteiger partial charge is 0.255 e. The maximum absolute atomic E-state index is 12.3. The van der Waals surface area contributed by atoms with Crippen molar-refractivity contribution < 1.29 is 4.79 Å². The Balaban J connectivity index is 1.70. The van der Waals surface area contributed by atoms with E-state index in [0.717, 1.165) is 31.2 Å². The number of nitrogens with two attached hydrogens (primary N) is 1. The van der Waals surface area contributed by atoms with Gasteiger partial charge in [0.25, 0.3) is 5.91 Å². The minimum atomic E-state index is -0.239. The molecule has 20 heavy (non-hydrogen) atoms. The highest BCUT2D eigenvalue weighted by Crippen LogP contribution is 2.25. The van der Waals surface area contributed by atoms with E-state index in [1.54, 1.807) is 10.7 Å². The summed E-state index contributed by atoms with van der Waals surface area (Å²) >= 11 is 0. The first-order valence-corrected chi connectivity index (χ1v) is 7.17. The monoisotopic (exact) mass is 272 g/mol. The van der Waals surface area contributed by atoms with Crippen molar-refractivity contribution >= 4 is 11.4 Å². The number of pyridine rings is 1. The maximum Gasteiger partial charge on any atom is 0.255 e. The summed E-state index contributed by atoms with van der Waals surface area (Å²) in [5.41, 5.74) is 7.52. The summed E-state index contributed by atoms with van der Waals surface area (Å²) in [5.74, 6) is -0.0957. The molecule has 1 saturated carbocycles. The molecule has 2 heterocycles. The second kappa shape index (κ2) is 5.25. The lowest BCUT2D eigenvalue weighted by Crippen LogP contribution is -2.51. The molecule has 1 amide bonds. The van der Waals surface area contributed by atoms with E-state index in [1.165, 1.54) is 6.42 Å². The van der Waals surface area contributed by atoms with Gasteiger partial charge in [0, 0.05) is 18.3 Å². The zero-order valence-corrected chi connectivity index (χ0v) is 11.5. The zero-order chi connectivity index (χ0) is 14.0. The van der Waals surface area contributed by atoms with E-state index in [1.807, 2.05) is 24.4 Å². The van der Waals surface area contributed by atoms with Crippen LogP contribution in [-0.4, -0.2) is 27.6 Å². The van der Waals surface area contributed by atoms with Crippen LogP contribution in [0.3, 0.4) is 0 Å². The Morgan fingerprint density at radius 2 is 2.15 bits per heavy atom. The van der Waals surface area contributed by atoms with Crippen LogP contribution in [0.25, 0.3) is 5.52 Å². The van der Waals surface area contributed by atoms with Crippen LogP contribution in [-0.2, 0) is 0 Å². The standard InChI is InChI=1S/C15H20N4O/c16-15(7-3-1-4-8-15)11-17-14(20)12-10-18-19-9-5-2-6-13(12)19/h2,5-6,9-10H,1,3-4,7-8,11,16H2,(H,17,20). The van der Waals surface area contributed by atoms with Gasteiger partial charge in [-0.1, -0.05) is 25.3 Å². The van der Waals surface area contributed by atoms with E-state index in [-0.39, 0.29) is 11.4 Å². The van der Waals surface area contributed by atoms with Crippen LogP contribution in [0.4, 0.5) is 0 Å². The Morgan fingerprint density at radius 1 is 1.35 bits per heavy atom. The molecule has 3 N–H and O–H groups in total. The van der Waals surface area contributed by atoms with Crippen LogP contribution in [0.5, 0.6) is 0 Å². The number of nitrogens with zero attached hydrogens (tertiary/aromatic N) is 2. The Labute approximate surface area is 118 Å². The normalized spacial score (nSPS) is 18.1. The quantitative estimate of drug-likeness (QED) is 0.893. The first-order valence-electron chi connectivity index (χ1n) is 7.17. The fourth-order valence-electron chi connectivity index (χ4n) is 2.89. The summed E-state index contributed by atoms with van der Waals surface area (Å²) in [6.07, 6.45) is 8.98. The third kappa shape index (κ3) is 2.54. The number of rotatable bonds is 3. The van der Waals surface area contributed by atoms with Gasteiger partial charge in [0.05, 0.1) is 17.3 Å². The molecular formula is C15H20N4O. The van der Waals surface area contributed by atoms with Crippen molar-refractivity contribution in [1.82, 2.24) is 14.9 Å². The zero-order valence-electron chi connectivity index (χ0n) is 11.5. The molecule has 3 rings (SSSR count). The SMILES string of the molecule is NC1(CNC(=O)c2cnn3ccccc23)CCCCC1. The Bertz CT molecular complexity index is 613. The van der Waals surface area contributed by atoms with Gasteiger partial charge >= 0.3 is 0 Å². The van der Waals surface area contributed by atoms with Gasteiger partial charge in [-0.05, 0) is 25.0 Å². The average Bonchev–Trinajstić information content (AvgIpc) is 2.90. The van der Waals surface area contributed by atoms with Gasteiger partial charge in [-0.2, -0.15) is 5.10 Å². The molecule has 5 nitrogen and oxygen atoms in total. The van der Waals surface area contributed by atoms with E-state index in [2.05, 4.69) is 10.4 Å². The third-order valence-electron chi connectivity index (χ3n) is 4.12. The average molecular weight is 272 g/mol. The van der Waals surface area contributed by atoms with Crippen molar-refractivity contribution in [1.29, 1.82) is 0 Å². The molecule has 1 aliphatic carbocycles. The number of carbonyl (C=O) groups is 1. The highest BCUT2D eigenvalue weighted by atomic mass is 16.1. The Morgan fingerprint density at radius 3 is 2.95 bits per heavy atom. The summed E-state index contributed by atoms with van der Waals surface area (Å²) in [6, 6.07) is 5.68. The summed E-state index contributed by atoms with van der Waals surface area (Å²) in [5, 5.41) is 7.15. The van der Waals surface area contributed by atoms with Gasteiger partial charge in [-0.15, -0.1) is 0 Å². The molecule has 5 heteroatoms. The van der Waals surface area contributed by atoms with Gasteiger partial charge in [0.2, 0.25) is 0 Å². The molecule has 0 saturated heterocycles. The molecule has 0 aromatic carbocycles. The minimum absolute atomic E-state index is 0.0957. The van der Waals surface area contributed by atoms with Crippen molar-refractivity contribution in [2.24, 2.45) is 5.73 Å². The molecule has 0 radical (unpaired) electrons. The predicted octanol–water partition coefficient (Wildman–Crippen LogP) is 1.73. The van der Waals surface area contributed by atoms with Crippen molar-refractivity contribution in [3.05, 3.63) is 36.2 Å². The number of aromatic nitrogens is 2. The van der Waals surface area contributed by atoms with Crippen molar-refractivity contribution in [2.75, 3.05) is 6.54 Å². The number of carbonyl (C=O) groups excluding carboxylic acids is 1. The van der Waals surface area contributed by atoms with Crippen LogP contribution in [0, 0.1) is 0 Å². The first kappa shape index (κ1) is 13.1. The Kier molecular flexibility index (Phi) is 3.44. The largest absolute Gasteiger partial charge is 0.350 e. The highest BCUT2D eigenvalue weighted by Gasteiger charge is 2.28. The second-order valence-corrected chi connectivity index (χ2v) is 5.69. The van der Waals surface area contributed by atoms with Gasteiger partial charge < -0.3 is 11.1 Å². The van der Waals surface area contributed by atoms with Crippen LogP contribution >= 0.6 is 0 Å². The molecule has 0 unspecified atom stereocenters. The van der Waals surface area contributed by atoms with Crippen LogP contribution < -0.4 is 11.1 Å². The summed E-state index contributed by atoms with van der Waals surface area (Å²) in [4.78, 5) is 12.3. The Hall–Kier alpha value is -1.88. The molecule has 1 fully saturated rings. The summed E-state index contributed by atoms with van der Waals surface area (Å²) in [7, 11) is 0. The molecule has 2 aromatic rings. The molecule has 2 aromatic heterocycles. The predicted molar refractivity (Wildman–Crippen MR) is 77.5 cm³/mol. The van der Waals surface area contributed by atoms with Crippen molar-refractivity contribution in [3.8, 4) is 0 Å². The summed E-state index contributed by atoms with van der Waals surface area (Å²) in [6.45, 7) is 0.538. The molecule has 0 atom stereocenters. The maximum atomic E-state index is 12.3. The lowest BCUT2D eigenvalue weighted by Gasteiger charge is -2.33. The second-order valence-electron chi connectivity index (χ2n) is 5.69. The van der Waals surface area contributed by atoms with E-state index < -0.39 is 0 Å². The van der Waals surface area contributed by atoms with Crippen LogP contribution in [0.2, 0.25) is 0 Å². The van der Waals surface area contributed by atoms with Crippen LogP contribution in [0.15, 0.2) is 30.6 Å². The van der Waals surface area contributed by atoms with Gasteiger partial charge in [0.15, 0.2) is 0 Å². The number of amides is 1. The number of nitrogens with one attached hydrogen (secondary N) is 1. The van der Waals surface area contributed by atoms with Crippen LogP contribution in [0.1, 0.15) is 42.5 Å². The molecule has 0 bridgehead atoms. The van der Waals surface area contributed by atoms with Gasteiger partial charge in [0.1, 0.15) is 0 Å². The lowest BCUT2D eigenvalue weighted by molar-refractivity contribution is 0.0939. The number of fused-ring (bicyclic) bond motifs is 1. The van der Waals surface area contributed by atoms with Crippen molar-refractivity contribution in [3.63, 3.8) is 0 Å². The van der Waals surface area contributed by atoms with Crippen molar-refractivity contribution in [2.45, 2.75) is 37.6 Å². The molecular weight excluding hydrogens is 252 g/mol. The molecule has 0 spiro atoms. The van der Waals surface area contributed by atoms with Gasteiger partial charge in [-0.3, -0.25) is 4.79 Å². The molecule has 1 aliphatic rings. The number of hydrogen-bond donors (Lipinski definition) is 2. The summed E-state index contributed by atoms with van der Waals surface area (Å²) < 4.78 is 1.70. The minimum Gasteiger partial charge on any atom is -0.350 e. The highest BCUT2D eigenvalue weighted by molar-refractivity contribution is 6.00. The van der Waals surface area contributed by atoms with E-state index >= 15 is 0 Å². The van der Waals surface area contributed by atoms with E-state index in [4.69, 9.17) is 5.73 Å². The van der Waals surface area contributed by atoms with Gasteiger partial charge in [-0.25, -0.2) is 4.52 Å². The fraction of sp³-hybridized carbons (Fsp3) is 0.467. The first-order chi connectivity index (χ1) is 9.68. The van der Waals surface area contributed by atoms with E-state index in [0.29, 0.717) is 12.1 Å². The topological polar surface area (TPSA) is 72.4 Å². The third-order valence-corrected chi connectivity index (χ3v) is 4.12. The van der Waals surface area contributed by atoms with E-state index in [9.17, 15) is 4.79 Å².